The number of benzene rings is 2. The normalized spacial score (nSPS) is 19.5. The Balaban J connectivity index is 1.36. The van der Waals surface area contributed by atoms with Gasteiger partial charge in [-0.1, -0.05) is 23.4 Å². The highest BCUT2D eigenvalue weighted by Gasteiger charge is 2.27. The van der Waals surface area contributed by atoms with E-state index in [1.807, 2.05) is 41.8 Å². The third kappa shape index (κ3) is 4.55. The summed E-state index contributed by atoms with van der Waals surface area (Å²) in [5.74, 6) is 0.638. The summed E-state index contributed by atoms with van der Waals surface area (Å²) in [7, 11) is 0. The zero-order valence-corrected chi connectivity index (χ0v) is 19.7. The standard InChI is InChI=1S/C24H23ClN4O3S/c1-14-19-11-16(6-9-20(19)26-23(14)31)21(30)13-33-24-28-27-22(15-4-7-17(25)8-5-15)29(24)12-18-3-2-10-32-18/h4-9,11,14,18H,2-3,10,12-13H2,1H3,(H,26,31)/t14-,18+/m0/s1. The molecule has 170 valence electrons. The molecule has 33 heavy (non-hydrogen) atoms. The summed E-state index contributed by atoms with van der Waals surface area (Å²) < 4.78 is 7.87. The Hall–Kier alpha value is -2.68. The fourth-order valence-corrected chi connectivity index (χ4v) is 5.14. The number of nitrogens with zero attached hydrogens (tertiary/aromatic N) is 3. The van der Waals surface area contributed by atoms with Gasteiger partial charge in [0.25, 0.3) is 0 Å². The number of aromatic nitrogens is 3. The number of anilines is 1. The summed E-state index contributed by atoms with van der Waals surface area (Å²) in [4.78, 5) is 24.9. The van der Waals surface area contributed by atoms with Crippen molar-refractivity contribution in [2.24, 2.45) is 0 Å². The van der Waals surface area contributed by atoms with Crippen molar-refractivity contribution in [3.8, 4) is 11.4 Å². The lowest BCUT2D eigenvalue weighted by Crippen LogP contribution is -2.17. The van der Waals surface area contributed by atoms with Crippen LogP contribution in [0.5, 0.6) is 0 Å². The first-order valence-electron chi connectivity index (χ1n) is 10.9. The van der Waals surface area contributed by atoms with E-state index in [4.69, 9.17) is 16.3 Å². The van der Waals surface area contributed by atoms with Gasteiger partial charge in [-0.05, 0) is 67.8 Å². The van der Waals surface area contributed by atoms with Gasteiger partial charge in [0, 0.05) is 28.4 Å². The molecule has 3 heterocycles. The topological polar surface area (TPSA) is 86.1 Å². The van der Waals surface area contributed by atoms with E-state index < -0.39 is 0 Å². The number of nitrogens with one attached hydrogen (secondary N) is 1. The molecule has 5 rings (SSSR count). The summed E-state index contributed by atoms with van der Waals surface area (Å²) >= 11 is 7.41. The first-order valence-corrected chi connectivity index (χ1v) is 12.3. The first kappa shape index (κ1) is 22.1. The number of fused-ring (bicyclic) bond motifs is 1. The number of amides is 1. The van der Waals surface area contributed by atoms with Crippen molar-refractivity contribution in [3.05, 3.63) is 58.6 Å². The van der Waals surface area contributed by atoms with Crippen LogP contribution < -0.4 is 5.32 Å². The van der Waals surface area contributed by atoms with Crippen molar-refractivity contribution in [2.45, 2.75) is 43.5 Å². The SMILES string of the molecule is C[C@@H]1C(=O)Nc2ccc(C(=O)CSc3nnc(-c4ccc(Cl)cc4)n3C[C@H]3CCCO3)cc21. The van der Waals surface area contributed by atoms with E-state index in [1.165, 1.54) is 11.8 Å². The molecule has 2 atom stereocenters. The number of hydrogen-bond donors (Lipinski definition) is 1. The highest BCUT2D eigenvalue weighted by Crippen LogP contribution is 2.33. The Bertz CT molecular complexity index is 1200. The molecule has 1 N–H and O–H groups in total. The molecular weight excluding hydrogens is 460 g/mol. The molecule has 2 aromatic carbocycles. The maximum Gasteiger partial charge on any atom is 0.231 e. The molecule has 2 aliphatic rings. The van der Waals surface area contributed by atoms with E-state index in [0.717, 1.165) is 42.1 Å². The third-order valence-electron chi connectivity index (χ3n) is 6.05. The van der Waals surface area contributed by atoms with Gasteiger partial charge in [0.2, 0.25) is 5.91 Å². The number of ether oxygens (including phenoxy) is 1. The highest BCUT2D eigenvalue weighted by molar-refractivity contribution is 7.99. The van der Waals surface area contributed by atoms with E-state index in [0.29, 0.717) is 22.3 Å². The van der Waals surface area contributed by atoms with Gasteiger partial charge in [-0.2, -0.15) is 0 Å². The average Bonchev–Trinajstić information content (AvgIpc) is 3.54. The number of hydrogen-bond acceptors (Lipinski definition) is 6. The maximum atomic E-state index is 13.0. The molecule has 0 unspecified atom stereocenters. The van der Waals surface area contributed by atoms with Crippen LogP contribution in [-0.2, 0) is 16.1 Å². The number of carbonyl (C=O) groups is 2. The molecule has 0 radical (unpaired) electrons. The van der Waals surface area contributed by atoms with Crippen LogP contribution in [0.15, 0.2) is 47.6 Å². The van der Waals surface area contributed by atoms with Crippen molar-refractivity contribution in [2.75, 3.05) is 17.7 Å². The zero-order chi connectivity index (χ0) is 22.9. The second-order valence-electron chi connectivity index (χ2n) is 8.28. The number of ketones is 1. The Labute approximate surface area is 200 Å². The number of carbonyl (C=O) groups excluding carboxylic acids is 2. The summed E-state index contributed by atoms with van der Waals surface area (Å²) in [5, 5.41) is 13.0. The van der Waals surface area contributed by atoms with Crippen LogP contribution in [0.1, 0.15) is 41.6 Å². The number of thioether (sulfide) groups is 1. The summed E-state index contributed by atoms with van der Waals surface area (Å²) in [6.45, 7) is 3.24. The zero-order valence-electron chi connectivity index (χ0n) is 18.1. The summed E-state index contributed by atoms with van der Waals surface area (Å²) in [6.07, 6.45) is 2.13. The molecule has 0 saturated carbocycles. The van der Waals surface area contributed by atoms with Crippen molar-refractivity contribution < 1.29 is 14.3 Å². The lowest BCUT2D eigenvalue weighted by Gasteiger charge is -2.14. The lowest BCUT2D eigenvalue weighted by atomic mass is 9.99. The van der Waals surface area contributed by atoms with Crippen molar-refractivity contribution in [1.29, 1.82) is 0 Å². The van der Waals surface area contributed by atoms with Crippen LogP contribution in [0, 0.1) is 0 Å². The molecule has 0 spiro atoms. The quantitative estimate of drug-likeness (QED) is 0.384. The molecule has 3 aromatic rings. The maximum absolute atomic E-state index is 13.0. The van der Waals surface area contributed by atoms with E-state index in [2.05, 4.69) is 15.5 Å². The molecule has 0 bridgehead atoms. The molecule has 1 saturated heterocycles. The molecule has 1 fully saturated rings. The Morgan fingerprint density at radius 2 is 2.06 bits per heavy atom. The second-order valence-corrected chi connectivity index (χ2v) is 9.66. The predicted octanol–water partition coefficient (Wildman–Crippen LogP) is 4.81. The monoisotopic (exact) mass is 482 g/mol. The molecule has 7 nitrogen and oxygen atoms in total. The number of Topliss-reactive ketones (excluding diaryl/α,β-unsaturated/α-hetero) is 1. The van der Waals surface area contributed by atoms with Crippen LogP contribution >= 0.6 is 23.4 Å². The smallest absolute Gasteiger partial charge is 0.231 e. The van der Waals surface area contributed by atoms with Crippen molar-refractivity contribution >= 4 is 40.7 Å². The second kappa shape index (κ2) is 9.29. The molecule has 1 aromatic heterocycles. The number of halogens is 1. The average molecular weight is 483 g/mol. The van der Waals surface area contributed by atoms with Crippen molar-refractivity contribution in [3.63, 3.8) is 0 Å². The predicted molar refractivity (Wildman–Crippen MR) is 128 cm³/mol. The van der Waals surface area contributed by atoms with Crippen LogP contribution in [0.25, 0.3) is 11.4 Å². The molecule has 2 aliphatic heterocycles. The summed E-state index contributed by atoms with van der Waals surface area (Å²) in [5.41, 5.74) is 3.14. The van der Waals surface area contributed by atoms with E-state index in [9.17, 15) is 9.59 Å². The highest BCUT2D eigenvalue weighted by atomic mass is 35.5. The minimum Gasteiger partial charge on any atom is -0.376 e. The van der Waals surface area contributed by atoms with Gasteiger partial charge in [-0.3, -0.25) is 14.2 Å². The Morgan fingerprint density at radius 1 is 1.24 bits per heavy atom. The van der Waals surface area contributed by atoms with Crippen LogP contribution in [-0.4, -0.2) is 44.9 Å². The van der Waals surface area contributed by atoms with Crippen LogP contribution in [0.3, 0.4) is 0 Å². The minimum absolute atomic E-state index is 0.0194. The molecule has 9 heteroatoms. The molecule has 0 aliphatic carbocycles. The fourth-order valence-electron chi connectivity index (χ4n) is 4.17. The van der Waals surface area contributed by atoms with Gasteiger partial charge in [0.05, 0.1) is 24.3 Å². The van der Waals surface area contributed by atoms with Gasteiger partial charge in [-0.25, -0.2) is 0 Å². The third-order valence-corrected chi connectivity index (χ3v) is 7.27. The fraction of sp³-hybridized carbons (Fsp3) is 0.333. The van der Waals surface area contributed by atoms with Crippen LogP contribution in [0.4, 0.5) is 5.69 Å². The van der Waals surface area contributed by atoms with E-state index in [-0.39, 0.29) is 29.5 Å². The van der Waals surface area contributed by atoms with E-state index in [1.54, 1.807) is 12.1 Å². The van der Waals surface area contributed by atoms with Gasteiger partial charge in [-0.15, -0.1) is 10.2 Å². The minimum atomic E-state index is -0.253. The van der Waals surface area contributed by atoms with Gasteiger partial charge < -0.3 is 10.1 Å². The van der Waals surface area contributed by atoms with Gasteiger partial charge >= 0.3 is 0 Å². The summed E-state index contributed by atoms with van der Waals surface area (Å²) in [6, 6.07) is 12.9. The lowest BCUT2D eigenvalue weighted by molar-refractivity contribution is -0.116. The van der Waals surface area contributed by atoms with Crippen molar-refractivity contribution in [1.82, 2.24) is 14.8 Å². The van der Waals surface area contributed by atoms with Gasteiger partial charge in [0.15, 0.2) is 16.8 Å². The molecular formula is C24H23ClN4O3S. The first-order chi connectivity index (χ1) is 16.0. The van der Waals surface area contributed by atoms with Gasteiger partial charge in [0.1, 0.15) is 0 Å². The molecule has 1 amide bonds. The number of rotatable bonds is 7. The van der Waals surface area contributed by atoms with Crippen LogP contribution in [0.2, 0.25) is 5.02 Å². The Kier molecular flexibility index (Phi) is 6.23. The van der Waals surface area contributed by atoms with E-state index >= 15 is 0 Å². The Morgan fingerprint density at radius 3 is 2.82 bits per heavy atom. The largest absolute Gasteiger partial charge is 0.376 e.